The molecule has 3 rings (SSSR count). The maximum atomic E-state index is 4.19. The first-order chi connectivity index (χ1) is 8.34. The van der Waals surface area contributed by atoms with Crippen LogP contribution in [0.4, 0.5) is 0 Å². The van der Waals surface area contributed by atoms with Crippen molar-refractivity contribution in [2.45, 2.75) is 25.8 Å². The lowest BCUT2D eigenvalue weighted by Gasteiger charge is -2.29. The van der Waals surface area contributed by atoms with Crippen LogP contribution in [0.2, 0.25) is 0 Å². The van der Waals surface area contributed by atoms with E-state index in [1.54, 1.807) is 0 Å². The van der Waals surface area contributed by atoms with Crippen LogP contribution in [0, 0.1) is 5.92 Å². The number of aromatic nitrogens is 1. The van der Waals surface area contributed by atoms with E-state index in [0.717, 1.165) is 12.5 Å². The first-order valence-corrected chi connectivity index (χ1v) is 6.40. The molecule has 0 spiro atoms. The van der Waals surface area contributed by atoms with Crippen molar-refractivity contribution in [3.05, 3.63) is 42.2 Å². The predicted octanol–water partition coefficient (Wildman–Crippen LogP) is 3.30. The molecule has 2 atom stereocenters. The van der Waals surface area contributed by atoms with Crippen LogP contribution < -0.4 is 5.32 Å². The Kier molecular flexibility index (Phi) is 2.81. The molecule has 1 aromatic heterocycles. The van der Waals surface area contributed by atoms with Gasteiger partial charge in [0.1, 0.15) is 0 Å². The highest BCUT2D eigenvalue weighted by Crippen LogP contribution is 2.31. The molecule has 1 aliphatic heterocycles. The van der Waals surface area contributed by atoms with Gasteiger partial charge in [0.15, 0.2) is 0 Å². The fourth-order valence-electron chi connectivity index (χ4n) is 2.80. The topological polar surface area (TPSA) is 24.9 Å². The minimum Gasteiger partial charge on any atom is -0.310 e. The van der Waals surface area contributed by atoms with Crippen LogP contribution in [-0.4, -0.2) is 11.5 Å². The van der Waals surface area contributed by atoms with Crippen molar-refractivity contribution < 1.29 is 0 Å². The summed E-state index contributed by atoms with van der Waals surface area (Å²) in [7, 11) is 0. The molecule has 0 amide bonds. The lowest BCUT2D eigenvalue weighted by molar-refractivity contribution is 0.326. The standard InChI is InChI=1S/C15H18N2/c1-11-5-8-17-15(9-11)14-4-2-3-12-10-16-7-6-13(12)14/h2-4,6-7,10-11,15,17H,5,8-9H2,1H3. The fourth-order valence-corrected chi connectivity index (χ4v) is 2.80. The summed E-state index contributed by atoms with van der Waals surface area (Å²) in [6.45, 7) is 3.48. The van der Waals surface area contributed by atoms with E-state index >= 15 is 0 Å². The summed E-state index contributed by atoms with van der Waals surface area (Å²) in [5, 5.41) is 6.22. The number of nitrogens with one attached hydrogen (secondary N) is 1. The summed E-state index contributed by atoms with van der Waals surface area (Å²) < 4.78 is 0. The molecule has 1 aromatic carbocycles. The molecule has 2 heterocycles. The Hall–Kier alpha value is -1.41. The maximum Gasteiger partial charge on any atom is 0.0346 e. The van der Waals surface area contributed by atoms with E-state index in [-0.39, 0.29) is 0 Å². The number of nitrogens with zero attached hydrogens (tertiary/aromatic N) is 1. The van der Waals surface area contributed by atoms with Crippen LogP contribution >= 0.6 is 0 Å². The Balaban J connectivity index is 2.04. The van der Waals surface area contributed by atoms with Crippen molar-refractivity contribution in [3.8, 4) is 0 Å². The van der Waals surface area contributed by atoms with Gasteiger partial charge in [0, 0.05) is 23.8 Å². The molecule has 2 unspecified atom stereocenters. The third-order valence-electron chi connectivity index (χ3n) is 3.76. The average Bonchev–Trinajstić information content (AvgIpc) is 2.38. The number of hydrogen-bond acceptors (Lipinski definition) is 2. The summed E-state index contributed by atoms with van der Waals surface area (Å²) in [5.41, 5.74) is 1.43. The third-order valence-corrected chi connectivity index (χ3v) is 3.76. The van der Waals surface area contributed by atoms with E-state index in [9.17, 15) is 0 Å². The van der Waals surface area contributed by atoms with Gasteiger partial charge < -0.3 is 5.32 Å². The Bertz CT molecular complexity index is 516. The van der Waals surface area contributed by atoms with Gasteiger partial charge in [-0.3, -0.25) is 4.98 Å². The van der Waals surface area contributed by atoms with Crippen molar-refractivity contribution >= 4 is 10.8 Å². The highest BCUT2D eigenvalue weighted by Gasteiger charge is 2.20. The second-order valence-corrected chi connectivity index (χ2v) is 5.08. The summed E-state index contributed by atoms with van der Waals surface area (Å²) in [4.78, 5) is 4.19. The summed E-state index contributed by atoms with van der Waals surface area (Å²) in [6, 6.07) is 9.16. The molecule has 2 heteroatoms. The highest BCUT2D eigenvalue weighted by atomic mass is 14.9. The minimum absolute atomic E-state index is 0.504. The van der Waals surface area contributed by atoms with Gasteiger partial charge in [-0.25, -0.2) is 0 Å². The molecular formula is C15H18N2. The summed E-state index contributed by atoms with van der Waals surface area (Å²) in [5.74, 6) is 0.818. The fraction of sp³-hybridized carbons (Fsp3) is 0.400. The van der Waals surface area contributed by atoms with E-state index in [0.29, 0.717) is 6.04 Å². The van der Waals surface area contributed by atoms with Crippen LogP contribution in [0.25, 0.3) is 10.8 Å². The van der Waals surface area contributed by atoms with Crippen LogP contribution in [0.1, 0.15) is 31.4 Å². The first-order valence-electron chi connectivity index (χ1n) is 6.40. The molecule has 88 valence electrons. The number of rotatable bonds is 1. The second-order valence-electron chi connectivity index (χ2n) is 5.08. The van der Waals surface area contributed by atoms with Gasteiger partial charge in [0.25, 0.3) is 0 Å². The van der Waals surface area contributed by atoms with Gasteiger partial charge in [-0.15, -0.1) is 0 Å². The van der Waals surface area contributed by atoms with E-state index in [2.05, 4.69) is 41.5 Å². The van der Waals surface area contributed by atoms with E-state index in [1.165, 1.54) is 29.2 Å². The Morgan fingerprint density at radius 2 is 2.24 bits per heavy atom. The molecule has 2 nitrogen and oxygen atoms in total. The van der Waals surface area contributed by atoms with Crippen LogP contribution in [0.15, 0.2) is 36.7 Å². The van der Waals surface area contributed by atoms with Crippen LogP contribution in [0.5, 0.6) is 0 Å². The number of benzene rings is 1. The number of hydrogen-bond donors (Lipinski definition) is 1. The smallest absolute Gasteiger partial charge is 0.0346 e. The van der Waals surface area contributed by atoms with Crippen molar-refractivity contribution in [2.24, 2.45) is 5.92 Å². The Morgan fingerprint density at radius 3 is 3.12 bits per heavy atom. The third kappa shape index (κ3) is 2.05. The zero-order chi connectivity index (χ0) is 11.7. The van der Waals surface area contributed by atoms with E-state index in [1.807, 2.05) is 12.4 Å². The highest BCUT2D eigenvalue weighted by molar-refractivity contribution is 5.85. The molecular weight excluding hydrogens is 208 g/mol. The first kappa shape index (κ1) is 10.7. The van der Waals surface area contributed by atoms with Crippen LogP contribution in [-0.2, 0) is 0 Å². The normalized spacial score (nSPS) is 25.0. The largest absolute Gasteiger partial charge is 0.310 e. The van der Waals surface area contributed by atoms with Crippen molar-refractivity contribution in [2.75, 3.05) is 6.54 Å². The SMILES string of the molecule is CC1CCNC(c2cccc3cnccc23)C1. The van der Waals surface area contributed by atoms with Gasteiger partial charge in [-0.2, -0.15) is 0 Å². The molecule has 1 aliphatic rings. The van der Waals surface area contributed by atoms with E-state index in [4.69, 9.17) is 0 Å². The van der Waals surface area contributed by atoms with Gasteiger partial charge in [0.2, 0.25) is 0 Å². The summed E-state index contributed by atoms with van der Waals surface area (Å²) >= 11 is 0. The minimum atomic E-state index is 0.504. The van der Waals surface area contributed by atoms with E-state index < -0.39 is 0 Å². The quantitative estimate of drug-likeness (QED) is 0.807. The number of fused-ring (bicyclic) bond motifs is 1. The molecule has 0 radical (unpaired) electrons. The zero-order valence-corrected chi connectivity index (χ0v) is 10.2. The van der Waals surface area contributed by atoms with Crippen LogP contribution in [0.3, 0.4) is 0 Å². The Labute approximate surface area is 102 Å². The molecule has 1 saturated heterocycles. The summed E-state index contributed by atoms with van der Waals surface area (Å²) in [6.07, 6.45) is 6.37. The molecule has 1 fully saturated rings. The number of pyridine rings is 1. The lowest BCUT2D eigenvalue weighted by Crippen LogP contribution is -2.30. The lowest BCUT2D eigenvalue weighted by atomic mass is 9.88. The van der Waals surface area contributed by atoms with Gasteiger partial charge >= 0.3 is 0 Å². The van der Waals surface area contributed by atoms with Gasteiger partial charge in [-0.1, -0.05) is 25.1 Å². The Morgan fingerprint density at radius 1 is 1.29 bits per heavy atom. The molecule has 0 bridgehead atoms. The van der Waals surface area contributed by atoms with Crippen molar-refractivity contribution in [3.63, 3.8) is 0 Å². The monoisotopic (exact) mass is 226 g/mol. The van der Waals surface area contributed by atoms with Crippen molar-refractivity contribution in [1.29, 1.82) is 0 Å². The molecule has 17 heavy (non-hydrogen) atoms. The average molecular weight is 226 g/mol. The van der Waals surface area contributed by atoms with Gasteiger partial charge in [-0.05, 0) is 42.3 Å². The van der Waals surface area contributed by atoms with Crippen molar-refractivity contribution in [1.82, 2.24) is 10.3 Å². The predicted molar refractivity (Wildman–Crippen MR) is 70.9 cm³/mol. The molecule has 0 aliphatic carbocycles. The molecule has 1 N–H and O–H groups in total. The maximum absolute atomic E-state index is 4.19. The number of piperidine rings is 1. The second kappa shape index (κ2) is 4.46. The molecule has 0 saturated carbocycles. The molecule has 2 aromatic rings. The van der Waals surface area contributed by atoms with Gasteiger partial charge in [0.05, 0.1) is 0 Å². The zero-order valence-electron chi connectivity index (χ0n) is 10.2.